The van der Waals surface area contributed by atoms with Gasteiger partial charge in [0.2, 0.25) is 5.91 Å². The Morgan fingerprint density at radius 3 is 2.53 bits per heavy atom. The van der Waals surface area contributed by atoms with E-state index in [0.717, 1.165) is 0 Å². The number of benzene rings is 1. The summed E-state index contributed by atoms with van der Waals surface area (Å²) in [5.74, 6) is -0.443. The normalized spacial score (nSPS) is 21.0. The Morgan fingerprint density at radius 2 is 1.86 bits per heavy atom. The summed E-state index contributed by atoms with van der Waals surface area (Å²) in [5, 5.41) is 2.73. The van der Waals surface area contributed by atoms with Gasteiger partial charge in [-0.1, -0.05) is 6.92 Å². The van der Waals surface area contributed by atoms with E-state index >= 15 is 0 Å². The highest BCUT2D eigenvalue weighted by molar-refractivity contribution is 5.98. The van der Waals surface area contributed by atoms with E-state index in [-0.39, 0.29) is 49.0 Å². The lowest BCUT2D eigenvalue weighted by molar-refractivity contribution is -0.119. The number of hydrogen-bond donors (Lipinski definition) is 1. The first kappa shape index (κ1) is 27.1. The summed E-state index contributed by atoms with van der Waals surface area (Å²) < 4.78 is 16.7. The molecular weight excluding hydrogens is 464 g/mol. The summed E-state index contributed by atoms with van der Waals surface area (Å²) in [4.78, 5) is 46.1. The molecule has 3 atom stereocenters. The Kier molecular flexibility index (Phi) is 9.38. The van der Waals surface area contributed by atoms with Gasteiger partial charge in [-0.25, -0.2) is 0 Å². The summed E-state index contributed by atoms with van der Waals surface area (Å²) in [6, 6.07) is 7.92. The first-order valence-corrected chi connectivity index (χ1v) is 11.8. The lowest BCUT2D eigenvalue weighted by Crippen LogP contribution is -2.48. The maximum absolute atomic E-state index is 13.4. The molecule has 0 saturated heterocycles. The highest BCUT2D eigenvalue weighted by atomic mass is 16.5. The van der Waals surface area contributed by atoms with E-state index in [1.165, 1.54) is 7.11 Å². The molecule has 1 aliphatic rings. The molecule has 0 bridgehead atoms. The van der Waals surface area contributed by atoms with Crippen molar-refractivity contribution >= 4 is 23.4 Å². The van der Waals surface area contributed by atoms with Crippen molar-refractivity contribution < 1.29 is 28.6 Å². The third kappa shape index (κ3) is 6.58. The maximum atomic E-state index is 13.4. The number of nitrogens with zero attached hydrogens (tertiary/aromatic N) is 3. The molecule has 1 aromatic heterocycles. The lowest BCUT2D eigenvalue weighted by atomic mass is 10.0. The zero-order valence-corrected chi connectivity index (χ0v) is 21.4. The molecular formula is C26H34N4O6. The fraction of sp³-hybridized carbons (Fsp3) is 0.462. The molecule has 1 aliphatic heterocycles. The molecule has 1 aromatic carbocycles. The first-order chi connectivity index (χ1) is 17.2. The van der Waals surface area contributed by atoms with Crippen LogP contribution in [0.4, 0.5) is 5.69 Å². The van der Waals surface area contributed by atoms with E-state index in [2.05, 4.69) is 10.3 Å². The number of carbonyl (C=O) groups is 3. The van der Waals surface area contributed by atoms with Gasteiger partial charge >= 0.3 is 0 Å². The molecule has 0 saturated carbocycles. The van der Waals surface area contributed by atoms with Crippen molar-refractivity contribution in [3.63, 3.8) is 0 Å². The van der Waals surface area contributed by atoms with Crippen LogP contribution in [-0.4, -0.2) is 92.2 Å². The van der Waals surface area contributed by atoms with Crippen molar-refractivity contribution in [2.75, 3.05) is 52.9 Å². The van der Waals surface area contributed by atoms with Gasteiger partial charge in [0.25, 0.3) is 11.8 Å². The van der Waals surface area contributed by atoms with Gasteiger partial charge in [-0.3, -0.25) is 19.4 Å². The number of amides is 3. The molecule has 3 amide bonds. The van der Waals surface area contributed by atoms with Gasteiger partial charge < -0.3 is 29.3 Å². The zero-order chi connectivity index (χ0) is 26.2. The number of fused-ring (bicyclic) bond motifs is 1. The predicted molar refractivity (Wildman–Crippen MR) is 134 cm³/mol. The van der Waals surface area contributed by atoms with Gasteiger partial charge in [-0.2, -0.15) is 0 Å². The minimum absolute atomic E-state index is 0.0595. The molecule has 194 valence electrons. The predicted octanol–water partition coefficient (Wildman–Crippen LogP) is 2.31. The van der Waals surface area contributed by atoms with E-state index < -0.39 is 0 Å². The molecule has 1 N–H and O–H groups in total. The number of nitrogens with one attached hydrogen (secondary N) is 1. The molecule has 0 aliphatic carbocycles. The van der Waals surface area contributed by atoms with E-state index in [9.17, 15) is 14.4 Å². The molecule has 0 unspecified atom stereocenters. The smallest absolute Gasteiger partial charge is 0.257 e. The van der Waals surface area contributed by atoms with E-state index in [0.29, 0.717) is 35.7 Å². The van der Waals surface area contributed by atoms with Crippen molar-refractivity contribution in [1.29, 1.82) is 0 Å². The van der Waals surface area contributed by atoms with Crippen molar-refractivity contribution in [3.8, 4) is 5.75 Å². The van der Waals surface area contributed by atoms with Crippen molar-refractivity contribution in [2.45, 2.75) is 26.0 Å². The molecule has 0 spiro atoms. The lowest BCUT2D eigenvalue weighted by Gasteiger charge is -2.36. The van der Waals surface area contributed by atoms with E-state index in [1.807, 2.05) is 13.8 Å². The third-order valence-corrected chi connectivity index (χ3v) is 6.19. The molecule has 2 aromatic rings. The minimum Gasteiger partial charge on any atom is -0.491 e. The van der Waals surface area contributed by atoms with Gasteiger partial charge in [0.15, 0.2) is 0 Å². The Hall–Kier alpha value is -3.50. The second-order valence-corrected chi connectivity index (χ2v) is 8.98. The van der Waals surface area contributed by atoms with Crippen LogP contribution in [0.3, 0.4) is 0 Å². The van der Waals surface area contributed by atoms with Crippen LogP contribution in [0, 0.1) is 5.92 Å². The summed E-state index contributed by atoms with van der Waals surface area (Å²) in [6.07, 6.45) is 2.88. The van der Waals surface area contributed by atoms with Crippen LogP contribution in [0.5, 0.6) is 5.75 Å². The molecule has 0 fully saturated rings. The monoisotopic (exact) mass is 498 g/mol. The molecule has 0 radical (unpaired) electrons. The van der Waals surface area contributed by atoms with Crippen molar-refractivity contribution in [1.82, 2.24) is 14.8 Å². The van der Waals surface area contributed by atoms with Crippen LogP contribution in [-0.2, 0) is 14.3 Å². The van der Waals surface area contributed by atoms with Crippen LogP contribution >= 0.6 is 0 Å². The summed E-state index contributed by atoms with van der Waals surface area (Å²) in [7, 11) is 4.74. The fourth-order valence-electron chi connectivity index (χ4n) is 4.12. The number of hydrogen-bond acceptors (Lipinski definition) is 7. The van der Waals surface area contributed by atoms with E-state index in [4.69, 9.17) is 14.2 Å². The van der Waals surface area contributed by atoms with Gasteiger partial charge in [0, 0.05) is 70.0 Å². The average Bonchev–Trinajstić information content (AvgIpc) is 2.88. The Balaban J connectivity index is 1.97. The number of carbonyl (C=O) groups excluding carboxylic acids is 3. The quantitative estimate of drug-likeness (QED) is 0.674. The van der Waals surface area contributed by atoms with Gasteiger partial charge in [0.05, 0.1) is 17.7 Å². The Morgan fingerprint density at radius 1 is 1.14 bits per heavy atom. The SMILES string of the molecule is COCC(=O)Nc1ccc2c(c1)OC[C@@H](C)N(C(=O)c1ccncc1)C[C@H](C)[C@H](OC)CN(C)C2=O. The molecule has 10 nitrogen and oxygen atoms in total. The molecule has 10 heteroatoms. The molecule has 3 rings (SSSR count). The summed E-state index contributed by atoms with van der Waals surface area (Å²) >= 11 is 0. The van der Waals surface area contributed by atoms with E-state index in [1.54, 1.807) is 66.7 Å². The number of aromatic nitrogens is 1. The standard InChI is InChI=1S/C26H34N4O6/c1-17-13-30(25(32)19-8-10-27-11-9-19)18(2)15-36-22-12-20(28-24(31)16-34-4)6-7-21(22)26(33)29(3)14-23(17)35-5/h6-12,17-18,23H,13-16H2,1-5H3,(H,28,31)/t17-,18+,23+/m0/s1. The van der Waals surface area contributed by atoms with Crippen LogP contribution in [0.25, 0.3) is 0 Å². The van der Waals surface area contributed by atoms with Gasteiger partial charge in [-0.15, -0.1) is 0 Å². The zero-order valence-electron chi connectivity index (χ0n) is 21.4. The van der Waals surface area contributed by atoms with Crippen LogP contribution in [0.2, 0.25) is 0 Å². The van der Waals surface area contributed by atoms with Crippen molar-refractivity contribution in [2.24, 2.45) is 5.92 Å². The number of likely N-dealkylation sites (N-methyl/N-ethyl adjacent to an activating group) is 1. The largest absolute Gasteiger partial charge is 0.491 e. The maximum Gasteiger partial charge on any atom is 0.257 e. The highest BCUT2D eigenvalue weighted by Crippen LogP contribution is 2.27. The van der Waals surface area contributed by atoms with Crippen LogP contribution in [0.15, 0.2) is 42.7 Å². The Bertz CT molecular complexity index is 1060. The van der Waals surface area contributed by atoms with Crippen LogP contribution < -0.4 is 10.1 Å². The van der Waals surface area contributed by atoms with Crippen molar-refractivity contribution in [3.05, 3.63) is 53.9 Å². The average molecular weight is 499 g/mol. The second-order valence-electron chi connectivity index (χ2n) is 8.98. The fourth-order valence-corrected chi connectivity index (χ4v) is 4.12. The molecule has 2 heterocycles. The molecule has 36 heavy (non-hydrogen) atoms. The summed E-state index contributed by atoms with van der Waals surface area (Å²) in [6.45, 7) is 4.68. The Labute approximate surface area is 211 Å². The number of pyridine rings is 1. The minimum atomic E-state index is -0.325. The second kappa shape index (κ2) is 12.5. The first-order valence-electron chi connectivity index (χ1n) is 11.8. The summed E-state index contributed by atoms with van der Waals surface area (Å²) in [5.41, 5.74) is 1.35. The number of rotatable bonds is 5. The highest BCUT2D eigenvalue weighted by Gasteiger charge is 2.30. The topological polar surface area (TPSA) is 110 Å². The number of methoxy groups -OCH3 is 2. The number of anilines is 1. The van der Waals surface area contributed by atoms with Crippen LogP contribution in [0.1, 0.15) is 34.6 Å². The van der Waals surface area contributed by atoms with Gasteiger partial charge in [-0.05, 0) is 31.2 Å². The third-order valence-electron chi connectivity index (χ3n) is 6.19. The number of ether oxygens (including phenoxy) is 3. The van der Waals surface area contributed by atoms with Gasteiger partial charge in [0.1, 0.15) is 19.0 Å².